The minimum absolute atomic E-state index is 0.0244. The minimum atomic E-state index is -0.178. The van der Waals surface area contributed by atoms with E-state index in [0.717, 1.165) is 5.56 Å². The van der Waals surface area contributed by atoms with Gasteiger partial charge in [0.05, 0.1) is 5.56 Å². The first-order chi connectivity index (χ1) is 10.8. The molecule has 0 aliphatic heterocycles. The van der Waals surface area contributed by atoms with Gasteiger partial charge in [-0.15, -0.1) is 0 Å². The first-order valence-corrected chi connectivity index (χ1v) is 7.80. The maximum Gasteiger partial charge on any atom is 0.263 e. The van der Waals surface area contributed by atoms with Crippen molar-refractivity contribution in [3.8, 4) is 0 Å². The van der Waals surface area contributed by atoms with Crippen molar-refractivity contribution in [3.63, 3.8) is 0 Å². The van der Waals surface area contributed by atoms with Gasteiger partial charge in [0.15, 0.2) is 0 Å². The highest BCUT2D eigenvalue weighted by Gasteiger charge is 2.18. The van der Waals surface area contributed by atoms with Crippen molar-refractivity contribution >= 4 is 23.2 Å². The van der Waals surface area contributed by atoms with Crippen molar-refractivity contribution in [2.45, 2.75) is 32.9 Å². The molecule has 2 aromatic heterocycles. The van der Waals surface area contributed by atoms with Crippen LogP contribution >= 0.6 is 11.6 Å². The van der Waals surface area contributed by atoms with E-state index in [-0.39, 0.29) is 22.7 Å². The molecule has 0 aromatic carbocycles. The van der Waals surface area contributed by atoms with E-state index in [0.29, 0.717) is 24.2 Å². The van der Waals surface area contributed by atoms with Crippen molar-refractivity contribution in [1.29, 1.82) is 0 Å². The van der Waals surface area contributed by atoms with Gasteiger partial charge in [-0.2, -0.15) is 0 Å². The van der Waals surface area contributed by atoms with Crippen LogP contribution in [0, 0.1) is 6.92 Å². The van der Waals surface area contributed by atoms with E-state index in [2.05, 4.69) is 10.3 Å². The Bertz CT molecular complexity index is 787. The molecular weight excluding hydrogens is 316 g/mol. The molecule has 2 rings (SSSR count). The van der Waals surface area contributed by atoms with Crippen LogP contribution in [-0.2, 0) is 11.3 Å². The Kier molecular flexibility index (Phi) is 5.38. The predicted molar refractivity (Wildman–Crippen MR) is 90.8 cm³/mol. The highest BCUT2D eigenvalue weighted by atomic mass is 35.5. The van der Waals surface area contributed by atoms with Gasteiger partial charge in [0.1, 0.15) is 10.8 Å². The number of carbonyl (C=O) groups is 1. The molecule has 124 valence electrons. The Balaban J connectivity index is 2.33. The number of amides is 1. The molecule has 1 unspecified atom stereocenters. The summed E-state index contributed by atoms with van der Waals surface area (Å²) in [7, 11) is 3.46. The lowest BCUT2D eigenvalue weighted by Gasteiger charge is -2.24. The lowest BCUT2D eigenvalue weighted by molar-refractivity contribution is -0.121. The summed E-state index contributed by atoms with van der Waals surface area (Å²) >= 11 is 6.23. The van der Waals surface area contributed by atoms with Crippen LogP contribution in [0.1, 0.15) is 24.5 Å². The van der Waals surface area contributed by atoms with Crippen LogP contribution in [0.5, 0.6) is 0 Å². The molecule has 2 aromatic rings. The highest BCUT2D eigenvalue weighted by Crippen LogP contribution is 2.16. The molecule has 0 saturated heterocycles. The van der Waals surface area contributed by atoms with Crippen molar-refractivity contribution < 1.29 is 4.79 Å². The highest BCUT2D eigenvalue weighted by molar-refractivity contribution is 6.30. The fraction of sp³-hybridized carbons (Fsp3) is 0.438. The molecule has 1 N–H and O–H groups in total. The van der Waals surface area contributed by atoms with Gasteiger partial charge in [-0.25, -0.2) is 4.98 Å². The second-order valence-electron chi connectivity index (χ2n) is 5.71. The van der Waals surface area contributed by atoms with Crippen LogP contribution in [0.3, 0.4) is 0 Å². The Hall–Kier alpha value is -1.92. The Morgan fingerprint density at radius 1 is 1.52 bits per heavy atom. The van der Waals surface area contributed by atoms with Crippen molar-refractivity contribution in [1.82, 2.24) is 19.6 Å². The fourth-order valence-corrected chi connectivity index (χ4v) is 2.59. The smallest absolute Gasteiger partial charge is 0.263 e. The van der Waals surface area contributed by atoms with Gasteiger partial charge < -0.3 is 5.32 Å². The number of nitrogens with one attached hydrogen (secondary N) is 1. The van der Waals surface area contributed by atoms with Crippen LogP contribution in [0.4, 0.5) is 0 Å². The molecule has 0 radical (unpaired) electrons. The Morgan fingerprint density at radius 2 is 2.22 bits per heavy atom. The van der Waals surface area contributed by atoms with Crippen LogP contribution in [0.15, 0.2) is 23.1 Å². The lowest BCUT2D eigenvalue weighted by Crippen LogP contribution is -2.36. The van der Waals surface area contributed by atoms with Gasteiger partial charge in [-0.3, -0.25) is 18.9 Å². The number of aryl methyl sites for hydroxylation is 1. The third kappa shape index (κ3) is 3.71. The van der Waals surface area contributed by atoms with Crippen LogP contribution in [0.2, 0.25) is 5.15 Å². The zero-order valence-corrected chi connectivity index (χ0v) is 14.5. The molecule has 7 heteroatoms. The molecule has 0 fully saturated rings. The lowest BCUT2D eigenvalue weighted by atomic mass is 10.2. The van der Waals surface area contributed by atoms with Crippen molar-refractivity contribution in [2.75, 3.05) is 14.1 Å². The zero-order valence-electron chi connectivity index (χ0n) is 13.8. The van der Waals surface area contributed by atoms with E-state index in [9.17, 15) is 9.59 Å². The minimum Gasteiger partial charge on any atom is -0.359 e. The number of carbonyl (C=O) groups excluding carboxylic acids is 1. The third-order valence-electron chi connectivity index (χ3n) is 4.01. The number of halogens is 1. The summed E-state index contributed by atoms with van der Waals surface area (Å²) in [6.45, 7) is 4.15. The van der Waals surface area contributed by atoms with Crippen LogP contribution < -0.4 is 10.9 Å². The second kappa shape index (κ2) is 7.10. The number of pyridine rings is 1. The largest absolute Gasteiger partial charge is 0.359 e. The summed E-state index contributed by atoms with van der Waals surface area (Å²) in [4.78, 5) is 30.4. The summed E-state index contributed by atoms with van der Waals surface area (Å²) in [5, 5.41) is 2.81. The fourth-order valence-electron chi connectivity index (χ4n) is 2.37. The Labute approximate surface area is 140 Å². The summed E-state index contributed by atoms with van der Waals surface area (Å²) in [5.74, 6) is -0.0422. The van der Waals surface area contributed by atoms with Crippen molar-refractivity contribution in [3.05, 3.63) is 45.0 Å². The molecular formula is C16H21ClN4O2. The molecule has 6 nitrogen and oxygen atoms in total. The van der Waals surface area contributed by atoms with E-state index in [4.69, 9.17) is 11.6 Å². The van der Waals surface area contributed by atoms with E-state index >= 15 is 0 Å². The number of hydrogen-bond donors (Lipinski definition) is 1. The third-order valence-corrected chi connectivity index (χ3v) is 4.32. The molecule has 0 saturated carbocycles. The van der Waals surface area contributed by atoms with Gasteiger partial charge in [-0.05, 0) is 32.5 Å². The number of hydrogen-bond acceptors (Lipinski definition) is 4. The normalized spacial score (nSPS) is 12.6. The summed E-state index contributed by atoms with van der Waals surface area (Å²) in [6.07, 6.45) is 2.04. The zero-order chi connectivity index (χ0) is 17.1. The molecule has 2 heterocycles. The van der Waals surface area contributed by atoms with Gasteiger partial charge in [0, 0.05) is 32.3 Å². The number of rotatable bonds is 5. The number of aromatic nitrogens is 2. The predicted octanol–water partition coefficient (Wildman–Crippen LogP) is 1.61. The maximum absolute atomic E-state index is 12.7. The number of fused-ring (bicyclic) bond motifs is 1. The standard InChI is InChI=1S/C16H21ClN4O2/c1-10-6-5-7-21-15(10)19-14(17)12(16(21)23)9-20(4)11(2)8-13(22)18-3/h5-7,11H,8-9H2,1-4H3,(H,18,22). The summed E-state index contributed by atoms with van der Waals surface area (Å²) in [6, 6.07) is 3.67. The van der Waals surface area contributed by atoms with E-state index in [1.807, 2.05) is 31.9 Å². The van der Waals surface area contributed by atoms with Crippen molar-refractivity contribution in [2.24, 2.45) is 0 Å². The average Bonchev–Trinajstić information content (AvgIpc) is 2.52. The van der Waals surface area contributed by atoms with E-state index in [1.165, 1.54) is 4.40 Å². The molecule has 0 aliphatic rings. The molecule has 1 amide bonds. The maximum atomic E-state index is 12.7. The molecule has 23 heavy (non-hydrogen) atoms. The molecule has 0 aliphatic carbocycles. The molecule has 0 bridgehead atoms. The van der Waals surface area contributed by atoms with Crippen LogP contribution in [-0.4, -0.2) is 40.3 Å². The Morgan fingerprint density at radius 3 is 2.87 bits per heavy atom. The van der Waals surface area contributed by atoms with Gasteiger partial charge in [0.2, 0.25) is 5.91 Å². The molecule has 1 atom stereocenters. The summed E-state index contributed by atoms with van der Waals surface area (Å²) < 4.78 is 1.51. The van der Waals surface area contributed by atoms with E-state index < -0.39 is 0 Å². The first-order valence-electron chi connectivity index (χ1n) is 7.42. The number of nitrogens with zero attached hydrogens (tertiary/aromatic N) is 3. The SMILES string of the molecule is CNC(=O)CC(C)N(C)Cc1c(Cl)nc2c(C)cccn2c1=O. The van der Waals surface area contributed by atoms with Gasteiger partial charge in [-0.1, -0.05) is 17.7 Å². The quantitative estimate of drug-likeness (QED) is 0.842. The van der Waals surface area contributed by atoms with Gasteiger partial charge in [0.25, 0.3) is 5.56 Å². The van der Waals surface area contributed by atoms with E-state index in [1.54, 1.807) is 19.3 Å². The average molecular weight is 337 g/mol. The second-order valence-corrected chi connectivity index (χ2v) is 6.07. The first kappa shape index (κ1) is 17.4. The molecule has 0 spiro atoms. The van der Waals surface area contributed by atoms with Gasteiger partial charge >= 0.3 is 0 Å². The van der Waals surface area contributed by atoms with Crippen LogP contribution in [0.25, 0.3) is 5.65 Å². The monoisotopic (exact) mass is 336 g/mol. The topological polar surface area (TPSA) is 66.7 Å². The summed E-state index contributed by atoms with van der Waals surface area (Å²) in [5.41, 5.74) is 1.70.